The molecule has 0 bridgehead atoms. The quantitative estimate of drug-likeness (QED) is 0.0193. The second-order valence-corrected chi connectivity index (χ2v) is 31.6. The Bertz CT molecular complexity index is 4090. The van der Waals surface area contributed by atoms with Crippen LogP contribution in [0.1, 0.15) is 102 Å². The summed E-state index contributed by atoms with van der Waals surface area (Å²) in [7, 11) is -20.3. The monoisotopic (exact) mass is 1670 g/mol. The van der Waals surface area contributed by atoms with Gasteiger partial charge in [0.25, 0.3) is 11.1 Å². The molecule has 5 saturated heterocycles. The number of H-pyrrole nitrogens is 2. The van der Waals surface area contributed by atoms with Gasteiger partial charge in [-0.1, -0.05) is 48.5 Å². The Hall–Kier alpha value is -6.40. The molecule has 5 fully saturated rings. The molecule has 9 heterocycles. The number of carbonyl (C=O) groups excluding carboxylic acids is 6. The van der Waals surface area contributed by atoms with Gasteiger partial charge in [0.15, 0.2) is 59.2 Å². The van der Waals surface area contributed by atoms with Crippen LogP contribution < -0.4 is 11.1 Å². The number of nitrogens with zero attached hydrogens (tertiary/aromatic N) is 8. The molecule has 111 heavy (non-hydrogen) atoms. The Kier molecular flexibility index (Phi) is 34.7. The Morgan fingerprint density at radius 3 is 1.30 bits per heavy atom. The summed E-state index contributed by atoms with van der Waals surface area (Å²) < 4.78 is 135. The molecule has 51 heteroatoms. The Morgan fingerprint density at radius 2 is 0.937 bits per heavy atom. The largest absolute Gasteiger partial charge is 0.483 e. The van der Waals surface area contributed by atoms with Crippen molar-refractivity contribution in [3.63, 3.8) is 0 Å². The number of imidazole rings is 2. The lowest BCUT2D eigenvalue weighted by Gasteiger charge is -2.45. The van der Waals surface area contributed by atoms with E-state index >= 15 is 0 Å². The number of aromatic amines is 2. The van der Waals surface area contributed by atoms with Gasteiger partial charge in [0.1, 0.15) is 62.0 Å². The number of aliphatic hydroxyl groups is 4. The van der Waals surface area contributed by atoms with Gasteiger partial charge in [-0.25, -0.2) is 42.9 Å². The fourth-order valence-electron chi connectivity index (χ4n) is 12.0. The van der Waals surface area contributed by atoms with Gasteiger partial charge >= 0.3 is 67.0 Å². The van der Waals surface area contributed by atoms with Crippen molar-refractivity contribution in [3.05, 3.63) is 46.0 Å². The number of ether oxygens (including phenoxy) is 11. The first-order chi connectivity index (χ1) is 51.8. The van der Waals surface area contributed by atoms with Crippen molar-refractivity contribution < 1.29 is 166 Å². The first kappa shape index (κ1) is 93.5. The van der Waals surface area contributed by atoms with E-state index in [0.717, 1.165) is 51.8 Å². The van der Waals surface area contributed by atoms with Gasteiger partial charge in [0, 0.05) is 66.5 Å². The number of nitrogens with one attached hydrogen (secondary N) is 2. The van der Waals surface area contributed by atoms with Gasteiger partial charge in [-0.15, -0.1) is 0 Å². The highest BCUT2D eigenvalue weighted by Gasteiger charge is 2.54. The van der Waals surface area contributed by atoms with Crippen LogP contribution in [0.2, 0.25) is 0 Å². The van der Waals surface area contributed by atoms with E-state index in [1.165, 1.54) is 48.5 Å². The Balaban J connectivity index is 0.000000264. The molecule has 628 valence electrons. The van der Waals surface area contributed by atoms with Crippen molar-refractivity contribution in [1.82, 2.24) is 48.6 Å². The number of phosphoric ester groups is 3. The molecule has 5 aliphatic rings. The van der Waals surface area contributed by atoms with E-state index in [-0.39, 0.29) is 42.0 Å². The van der Waals surface area contributed by atoms with E-state index in [9.17, 15) is 91.7 Å². The maximum Gasteiger partial charge on any atom is 0.483 e. The molecule has 4 aromatic heterocycles. The molecule has 5 aliphatic heterocycles. The molecule has 9 unspecified atom stereocenters. The molecule has 47 nitrogen and oxygen atoms in total. The second-order valence-electron chi connectivity index (χ2n) is 25.6. The number of hydrogen-bond donors (Lipinski definition) is 11. The summed E-state index contributed by atoms with van der Waals surface area (Å²) in [6.07, 6.45) is -17.1. The number of aliphatic hydroxyl groups excluding tert-OH is 4. The average Bonchev–Trinajstić information content (AvgIpc) is 1.70. The molecular formula is C60H96N10O37P4. The van der Waals surface area contributed by atoms with Crippen LogP contribution in [0.3, 0.4) is 0 Å². The lowest BCUT2D eigenvalue weighted by atomic mass is 9.81. The van der Waals surface area contributed by atoms with Gasteiger partial charge < -0.3 is 112 Å². The molecule has 4 aromatic rings. The van der Waals surface area contributed by atoms with Crippen LogP contribution >= 0.6 is 31.2 Å². The minimum Gasteiger partial charge on any atom is -0.462 e. The van der Waals surface area contributed by atoms with Crippen molar-refractivity contribution in [2.45, 2.75) is 188 Å². The molecule has 0 spiro atoms. The van der Waals surface area contributed by atoms with E-state index < -0.39 is 220 Å². The van der Waals surface area contributed by atoms with Gasteiger partial charge in [0.2, 0.25) is 12.6 Å². The van der Waals surface area contributed by atoms with Gasteiger partial charge in [-0.3, -0.25) is 65.6 Å². The molecular weight excluding hydrogens is 1580 g/mol. The second kappa shape index (κ2) is 41.2. The van der Waals surface area contributed by atoms with Crippen molar-refractivity contribution in [3.8, 4) is 0 Å². The molecule has 0 aliphatic carbocycles. The van der Waals surface area contributed by atoms with Crippen LogP contribution in [0.4, 0.5) is 0 Å². The Labute approximate surface area is 632 Å². The topological polar surface area (TPSA) is 634 Å². The third-order valence-electron chi connectivity index (χ3n) is 17.9. The highest BCUT2D eigenvalue weighted by atomic mass is 31.3. The lowest BCUT2D eigenvalue weighted by molar-refractivity contribution is -0.271. The van der Waals surface area contributed by atoms with Crippen LogP contribution in [0.15, 0.2) is 34.9 Å². The third kappa shape index (κ3) is 26.3. The first-order valence-corrected chi connectivity index (χ1v) is 40.5. The van der Waals surface area contributed by atoms with E-state index in [1.54, 1.807) is 27.7 Å². The minimum absolute atomic E-state index is 0.00964. The number of esters is 6. The van der Waals surface area contributed by atoms with E-state index in [0.29, 0.717) is 13.2 Å². The fourth-order valence-corrected chi connectivity index (χ4v) is 15.7. The molecule has 23 atom stereocenters. The zero-order chi connectivity index (χ0) is 82.9. The van der Waals surface area contributed by atoms with Crippen molar-refractivity contribution in [2.24, 2.45) is 23.7 Å². The number of aromatic nitrogens is 8. The van der Waals surface area contributed by atoms with Gasteiger partial charge in [0.05, 0.1) is 51.7 Å². The first-order valence-electron chi connectivity index (χ1n) is 34.4. The fraction of sp³-hybridized carbons (Fsp3) is 0.733. The molecule has 11 N–H and O–H groups in total. The number of phosphoric acid groups is 3. The summed E-state index contributed by atoms with van der Waals surface area (Å²) >= 11 is 0. The van der Waals surface area contributed by atoms with E-state index in [4.69, 9.17) is 75.5 Å². The van der Waals surface area contributed by atoms with Crippen LogP contribution in [0, 0.1) is 23.7 Å². The molecule has 0 radical (unpaired) electrons. The third-order valence-corrected chi connectivity index (χ3v) is 22.5. The summed E-state index contributed by atoms with van der Waals surface area (Å²) in [6, 6.07) is 0. The highest BCUT2D eigenvalue weighted by molar-refractivity contribution is 7.61. The summed E-state index contributed by atoms with van der Waals surface area (Å²) in [5, 5.41) is 41.7. The smallest absolute Gasteiger partial charge is 0.462 e. The predicted octanol–water partition coefficient (Wildman–Crippen LogP) is -0.532. The van der Waals surface area contributed by atoms with Crippen LogP contribution in [-0.2, 0) is 122 Å². The zero-order valence-corrected chi connectivity index (χ0v) is 66.0. The summed E-state index contributed by atoms with van der Waals surface area (Å²) in [5.74, 6) is -6.54. The molecule has 0 aromatic carbocycles. The summed E-state index contributed by atoms with van der Waals surface area (Å²) in [4.78, 5) is 165. The van der Waals surface area contributed by atoms with Crippen LogP contribution in [0.25, 0.3) is 22.3 Å². The highest BCUT2D eigenvalue weighted by Crippen LogP contribution is 2.62. The van der Waals surface area contributed by atoms with E-state index in [2.05, 4.69) is 64.4 Å². The molecule has 9 rings (SSSR count). The standard InChI is InChI=1S/C25H36N4O18P2.C15H25O11P.C14H20N5O8P.C6H15N/c1-10-11(2)21(43-14(5)32)25(45-20(10)16(42-13(4)31)6-40-12(3)30)46-49(38,39)47-48(36,37)41-7-15-18(33)19(34)24(44-15)29-9-28-17-22(29)26-8-27-23(17)35;1-7-8(2)14(24-11(5)18)15(26-27(19,20)21)25-13(7)12(23-10(4)17)6-22-9(3)16;20-10-8(5-26-28(23,24)18-1-3-25-4-2-18)27-14(11(10)21)19-7-17-9-12(19)15-6-16-13(9)22;1-4-7(5-2)6-3/h8-11,15-16,18-21,24-25,33-34H,6-7H2,1-5H3,(H,36,37)(H,38,39)(H,26,27,35);7-8,12-15H,6H2,1-5H3,(H2,19,20,21);6-8,10-11,14,20-21H,1-5H2,(H,23,24)(H,15,16,22);4-6H2,1-3H3/t10-,11-,15+,16+,18?,19-,20?,21?,24+,25-;7-,8-,12+,13?,14?,15-;8-,10?,11+,14-;/m001./s1. The van der Waals surface area contributed by atoms with Gasteiger partial charge in [-0.05, 0) is 31.5 Å². The number of rotatable bonds is 28. The number of carbonyl (C=O) groups is 6. The summed E-state index contributed by atoms with van der Waals surface area (Å²) in [6.45, 7) is 22.3. The lowest BCUT2D eigenvalue weighted by Crippen LogP contribution is -2.56. The van der Waals surface area contributed by atoms with Crippen LogP contribution in [0.5, 0.6) is 0 Å². The SMILES string of the molecule is CC(=O)OC[C@@H](OC(C)=O)C1O[C@@H](OP(=O)(O)O)C(OC(C)=O)[C@@H](C)[C@@H]1C.CC(=O)OC[C@@H](OC(C)=O)C1O[C@@H](OP(=O)(O)OP(=O)(O)OC[C@H]2O[C@@H](n3cnc4c(=O)[nH]cnc43)[C@@H](O)C2O)C(OC(C)=O)[C@@H](C)[C@@H]1C.CCN(CC)CC.O=c1[nH]cnc2c1ncn2[C@@H]1O[C@H](COP(=O)(O)N2CCOCC2)C(O)[C@@H]1O. The number of fused-ring (bicyclic) bond motifs is 2. The maximum atomic E-state index is 13.0. The maximum absolute atomic E-state index is 13.0. The van der Waals surface area contributed by atoms with Gasteiger partial charge in [-0.2, -0.15) is 4.31 Å². The summed E-state index contributed by atoms with van der Waals surface area (Å²) in [5.41, 5.74) is -0.927. The van der Waals surface area contributed by atoms with E-state index in [1.807, 2.05) is 0 Å². The minimum atomic E-state index is -5.65. The predicted molar refractivity (Wildman–Crippen MR) is 370 cm³/mol. The van der Waals surface area contributed by atoms with Crippen molar-refractivity contribution >= 4 is 89.4 Å². The number of hydrogen-bond acceptors (Lipinski definition) is 37. The van der Waals surface area contributed by atoms with Crippen molar-refractivity contribution in [2.75, 3.05) is 72.4 Å². The van der Waals surface area contributed by atoms with Crippen LogP contribution in [-0.4, -0.2) is 288 Å². The Morgan fingerprint density at radius 1 is 0.541 bits per heavy atom. The molecule has 0 amide bonds. The average molecular weight is 1670 g/mol. The molecule has 0 saturated carbocycles. The number of morpholine rings is 1. The zero-order valence-electron chi connectivity index (χ0n) is 62.5. The van der Waals surface area contributed by atoms with Crippen molar-refractivity contribution in [1.29, 1.82) is 0 Å². The normalized spacial score (nSPS) is 29.7.